The van der Waals surface area contributed by atoms with E-state index in [0.29, 0.717) is 6.42 Å². The molecule has 1 aliphatic carbocycles. The topological polar surface area (TPSA) is 29.5 Å². The van der Waals surface area contributed by atoms with Crippen molar-refractivity contribution < 1.29 is 9.84 Å². The van der Waals surface area contributed by atoms with Gasteiger partial charge in [-0.3, -0.25) is 0 Å². The van der Waals surface area contributed by atoms with Crippen LogP contribution in [0, 0.1) is 0 Å². The number of ether oxygens (including phenoxy) is 1. The molecular formula is C8H12O2. The molecule has 0 aromatic heterocycles. The predicted octanol–water partition coefficient (Wildman–Crippen LogP) is 1.23. The van der Waals surface area contributed by atoms with Gasteiger partial charge in [0.25, 0.3) is 0 Å². The lowest BCUT2D eigenvalue weighted by Crippen LogP contribution is -2.29. The second-order valence-electron chi connectivity index (χ2n) is 2.54. The highest BCUT2D eigenvalue weighted by atomic mass is 16.6. The highest BCUT2D eigenvalue weighted by Crippen LogP contribution is 2.20. The first-order valence-corrected chi connectivity index (χ1v) is 3.30. The van der Waals surface area contributed by atoms with Crippen LogP contribution in [0.2, 0.25) is 0 Å². The number of methoxy groups -OCH3 is 1. The Morgan fingerprint density at radius 3 is 2.80 bits per heavy atom. The van der Waals surface area contributed by atoms with Crippen LogP contribution in [0.4, 0.5) is 0 Å². The van der Waals surface area contributed by atoms with Crippen LogP contribution >= 0.6 is 0 Å². The first-order chi connectivity index (χ1) is 4.66. The fourth-order valence-electron chi connectivity index (χ4n) is 1.02. The van der Waals surface area contributed by atoms with Gasteiger partial charge in [-0.05, 0) is 13.0 Å². The Bertz CT molecular complexity index is 182. The summed E-state index contributed by atoms with van der Waals surface area (Å²) in [6.07, 6.45) is 6.13. The fourth-order valence-corrected chi connectivity index (χ4v) is 1.02. The molecule has 0 saturated heterocycles. The van der Waals surface area contributed by atoms with Crippen molar-refractivity contribution in [2.45, 2.75) is 19.1 Å². The minimum atomic E-state index is -1.06. The Kier molecular flexibility index (Phi) is 1.92. The minimum absolute atomic E-state index is 0.542. The van der Waals surface area contributed by atoms with Gasteiger partial charge in [-0.2, -0.15) is 0 Å². The van der Waals surface area contributed by atoms with Crippen molar-refractivity contribution in [2.24, 2.45) is 0 Å². The van der Waals surface area contributed by atoms with Crippen LogP contribution in [0.5, 0.6) is 0 Å². The van der Waals surface area contributed by atoms with Crippen LogP contribution in [0.3, 0.4) is 0 Å². The number of allylic oxidation sites excluding steroid dienone is 2. The summed E-state index contributed by atoms with van der Waals surface area (Å²) in [6.45, 7) is 1.93. The Labute approximate surface area is 60.8 Å². The molecule has 0 aromatic rings. The zero-order chi connectivity index (χ0) is 7.61. The molecule has 56 valence electrons. The molecule has 0 saturated carbocycles. The van der Waals surface area contributed by atoms with Gasteiger partial charge in [0, 0.05) is 13.5 Å². The number of hydrogen-bond acceptors (Lipinski definition) is 2. The Balaban J connectivity index is 2.76. The van der Waals surface area contributed by atoms with E-state index in [9.17, 15) is 5.11 Å². The van der Waals surface area contributed by atoms with E-state index >= 15 is 0 Å². The van der Waals surface area contributed by atoms with Crippen molar-refractivity contribution in [3.63, 3.8) is 0 Å². The quantitative estimate of drug-likeness (QED) is 0.555. The summed E-state index contributed by atoms with van der Waals surface area (Å²) in [5.41, 5.74) is 1.04. The Hall–Kier alpha value is -0.600. The maximum Gasteiger partial charge on any atom is 0.188 e. The van der Waals surface area contributed by atoms with E-state index in [1.807, 2.05) is 19.1 Å². The molecule has 0 aliphatic heterocycles. The van der Waals surface area contributed by atoms with Crippen LogP contribution in [0.1, 0.15) is 13.3 Å². The SMILES string of the molecule is COC1(O)C=C(C)C=CC1. The first kappa shape index (κ1) is 7.51. The van der Waals surface area contributed by atoms with Crippen LogP contribution in [-0.4, -0.2) is 18.0 Å². The monoisotopic (exact) mass is 140 g/mol. The summed E-state index contributed by atoms with van der Waals surface area (Å²) < 4.78 is 4.88. The molecule has 0 radical (unpaired) electrons. The molecule has 2 heteroatoms. The second kappa shape index (κ2) is 2.56. The summed E-state index contributed by atoms with van der Waals surface area (Å²) in [4.78, 5) is 0. The minimum Gasteiger partial charge on any atom is -0.362 e. The molecule has 1 rings (SSSR count). The third kappa shape index (κ3) is 1.46. The van der Waals surface area contributed by atoms with Crippen molar-refractivity contribution in [3.05, 3.63) is 23.8 Å². The van der Waals surface area contributed by atoms with Gasteiger partial charge < -0.3 is 9.84 Å². The predicted molar refractivity (Wildman–Crippen MR) is 39.5 cm³/mol. The van der Waals surface area contributed by atoms with Crippen LogP contribution < -0.4 is 0 Å². The van der Waals surface area contributed by atoms with Crippen molar-refractivity contribution in [1.29, 1.82) is 0 Å². The van der Waals surface area contributed by atoms with Crippen molar-refractivity contribution in [3.8, 4) is 0 Å². The van der Waals surface area contributed by atoms with E-state index in [2.05, 4.69) is 0 Å². The Morgan fingerprint density at radius 1 is 1.70 bits per heavy atom. The maximum absolute atomic E-state index is 9.50. The van der Waals surface area contributed by atoms with Gasteiger partial charge in [-0.25, -0.2) is 0 Å². The lowest BCUT2D eigenvalue weighted by molar-refractivity contribution is -0.143. The van der Waals surface area contributed by atoms with Crippen LogP contribution in [0.25, 0.3) is 0 Å². The molecule has 1 atom stereocenters. The smallest absolute Gasteiger partial charge is 0.188 e. The maximum atomic E-state index is 9.50. The zero-order valence-electron chi connectivity index (χ0n) is 6.29. The van der Waals surface area contributed by atoms with Crippen molar-refractivity contribution in [2.75, 3.05) is 7.11 Å². The van der Waals surface area contributed by atoms with Gasteiger partial charge >= 0.3 is 0 Å². The summed E-state index contributed by atoms with van der Waals surface area (Å²) in [5.74, 6) is -1.06. The molecule has 10 heavy (non-hydrogen) atoms. The standard InChI is InChI=1S/C8H12O2/c1-7-4-3-5-8(9,6-7)10-2/h3-4,6,9H,5H2,1-2H3. The molecule has 0 fully saturated rings. The van der Waals surface area contributed by atoms with Crippen LogP contribution in [-0.2, 0) is 4.74 Å². The van der Waals surface area contributed by atoms with Crippen molar-refractivity contribution in [1.82, 2.24) is 0 Å². The average molecular weight is 140 g/mol. The molecule has 1 N–H and O–H groups in total. The zero-order valence-corrected chi connectivity index (χ0v) is 6.29. The first-order valence-electron chi connectivity index (χ1n) is 3.30. The van der Waals surface area contributed by atoms with Gasteiger partial charge in [0.05, 0.1) is 0 Å². The van der Waals surface area contributed by atoms with E-state index in [-0.39, 0.29) is 0 Å². The Morgan fingerprint density at radius 2 is 2.40 bits per heavy atom. The van der Waals surface area contributed by atoms with E-state index in [1.165, 1.54) is 7.11 Å². The summed E-state index contributed by atoms with van der Waals surface area (Å²) in [6, 6.07) is 0. The third-order valence-corrected chi connectivity index (χ3v) is 1.60. The van der Waals surface area contributed by atoms with E-state index in [0.717, 1.165) is 5.57 Å². The molecule has 2 nitrogen and oxygen atoms in total. The normalized spacial score (nSPS) is 32.1. The highest BCUT2D eigenvalue weighted by Gasteiger charge is 2.23. The fraction of sp³-hybridized carbons (Fsp3) is 0.500. The molecule has 0 amide bonds. The van der Waals surface area contributed by atoms with Gasteiger partial charge in [0.2, 0.25) is 0 Å². The number of rotatable bonds is 1. The van der Waals surface area contributed by atoms with E-state index in [1.54, 1.807) is 6.08 Å². The van der Waals surface area contributed by atoms with Gasteiger partial charge in [-0.15, -0.1) is 0 Å². The van der Waals surface area contributed by atoms with Crippen LogP contribution in [0.15, 0.2) is 23.8 Å². The molecule has 0 spiro atoms. The summed E-state index contributed by atoms with van der Waals surface area (Å²) in [7, 11) is 1.50. The third-order valence-electron chi connectivity index (χ3n) is 1.60. The lowest BCUT2D eigenvalue weighted by Gasteiger charge is -2.24. The molecule has 1 aliphatic rings. The highest BCUT2D eigenvalue weighted by molar-refractivity contribution is 5.24. The van der Waals surface area contributed by atoms with Crippen molar-refractivity contribution >= 4 is 0 Å². The number of aliphatic hydroxyl groups is 1. The molecule has 0 aromatic carbocycles. The van der Waals surface area contributed by atoms with Gasteiger partial charge in [-0.1, -0.05) is 17.7 Å². The molecule has 1 unspecified atom stereocenters. The molecule has 0 heterocycles. The summed E-state index contributed by atoms with van der Waals surface area (Å²) in [5, 5.41) is 9.50. The lowest BCUT2D eigenvalue weighted by atomic mass is 10.0. The van der Waals surface area contributed by atoms with E-state index in [4.69, 9.17) is 4.74 Å². The molecular weight excluding hydrogens is 128 g/mol. The average Bonchev–Trinajstić information content (AvgIpc) is 1.88. The largest absolute Gasteiger partial charge is 0.362 e. The number of hydrogen-bond donors (Lipinski definition) is 1. The molecule has 0 bridgehead atoms. The van der Waals surface area contributed by atoms with Gasteiger partial charge in [0.1, 0.15) is 0 Å². The summed E-state index contributed by atoms with van der Waals surface area (Å²) >= 11 is 0. The van der Waals surface area contributed by atoms with E-state index < -0.39 is 5.79 Å². The second-order valence-corrected chi connectivity index (χ2v) is 2.54. The van der Waals surface area contributed by atoms with Gasteiger partial charge in [0.15, 0.2) is 5.79 Å².